The number of methoxy groups -OCH3 is 1. The topological polar surface area (TPSA) is 66.8 Å². The molecule has 0 saturated carbocycles. The molecule has 0 bridgehead atoms. The predicted molar refractivity (Wildman–Crippen MR) is 50.7 cm³/mol. The number of aromatic hydroxyl groups is 1. The zero-order valence-electron chi connectivity index (χ0n) is 8.02. The molecule has 0 spiro atoms. The van der Waals surface area contributed by atoms with Gasteiger partial charge in [0.1, 0.15) is 0 Å². The SMILES string of the molecule is COc1cc(C(C)O)c(C=O)cc1O. The van der Waals surface area contributed by atoms with E-state index in [-0.39, 0.29) is 17.1 Å². The molecule has 0 radical (unpaired) electrons. The Bertz CT molecular complexity index is 344. The van der Waals surface area contributed by atoms with Crippen LogP contribution in [0.5, 0.6) is 11.5 Å². The maximum atomic E-state index is 10.6. The molecule has 0 aliphatic carbocycles. The Morgan fingerprint density at radius 1 is 1.50 bits per heavy atom. The molecular formula is C10H12O4. The molecule has 1 atom stereocenters. The molecule has 1 unspecified atom stereocenters. The van der Waals surface area contributed by atoms with Gasteiger partial charge in [-0.1, -0.05) is 0 Å². The fourth-order valence-electron chi connectivity index (χ4n) is 1.23. The molecule has 76 valence electrons. The summed E-state index contributed by atoms with van der Waals surface area (Å²) in [6.45, 7) is 1.54. The van der Waals surface area contributed by atoms with Crippen LogP contribution in [-0.4, -0.2) is 23.6 Å². The summed E-state index contributed by atoms with van der Waals surface area (Å²) in [5.41, 5.74) is 0.702. The standard InChI is InChI=1S/C10H12O4/c1-6(12)8-4-10(14-2)9(13)3-7(8)5-11/h3-6,12-13H,1-2H3. The number of aliphatic hydroxyl groups excluding tert-OH is 1. The molecule has 1 aromatic carbocycles. The zero-order chi connectivity index (χ0) is 10.7. The molecule has 0 aromatic heterocycles. The van der Waals surface area contributed by atoms with Gasteiger partial charge in [-0.05, 0) is 24.6 Å². The predicted octanol–water partition coefficient (Wildman–Crippen LogP) is 1.27. The van der Waals surface area contributed by atoms with E-state index in [2.05, 4.69) is 0 Å². The number of aliphatic hydroxyl groups is 1. The summed E-state index contributed by atoms with van der Waals surface area (Å²) in [6, 6.07) is 2.72. The molecule has 4 heteroatoms. The Kier molecular flexibility index (Phi) is 3.09. The van der Waals surface area contributed by atoms with Crippen molar-refractivity contribution in [1.29, 1.82) is 0 Å². The van der Waals surface area contributed by atoms with Gasteiger partial charge < -0.3 is 14.9 Å². The van der Waals surface area contributed by atoms with Crippen molar-refractivity contribution >= 4 is 6.29 Å². The lowest BCUT2D eigenvalue weighted by Crippen LogP contribution is -1.98. The molecule has 14 heavy (non-hydrogen) atoms. The van der Waals surface area contributed by atoms with E-state index in [1.165, 1.54) is 19.2 Å². The van der Waals surface area contributed by atoms with Crippen molar-refractivity contribution in [1.82, 2.24) is 0 Å². The van der Waals surface area contributed by atoms with Gasteiger partial charge in [0.15, 0.2) is 17.8 Å². The highest BCUT2D eigenvalue weighted by Gasteiger charge is 2.12. The second kappa shape index (κ2) is 4.11. The molecule has 0 saturated heterocycles. The molecule has 0 amide bonds. The van der Waals surface area contributed by atoms with Crippen LogP contribution in [0.2, 0.25) is 0 Å². The van der Waals surface area contributed by atoms with Crippen molar-refractivity contribution in [3.8, 4) is 11.5 Å². The number of carbonyl (C=O) groups excluding carboxylic acids is 1. The first-order valence-electron chi connectivity index (χ1n) is 4.14. The number of rotatable bonds is 3. The maximum absolute atomic E-state index is 10.6. The van der Waals surface area contributed by atoms with Gasteiger partial charge in [0.05, 0.1) is 13.2 Å². The Morgan fingerprint density at radius 2 is 2.14 bits per heavy atom. The third-order valence-corrected chi connectivity index (χ3v) is 1.96. The van der Waals surface area contributed by atoms with E-state index in [0.29, 0.717) is 11.8 Å². The van der Waals surface area contributed by atoms with E-state index in [0.717, 1.165) is 0 Å². The van der Waals surface area contributed by atoms with Crippen LogP contribution in [-0.2, 0) is 0 Å². The average Bonchev–Trinajstić information content (AvgIpc) is 2.16. The lowest BCUT2D eigenvalue weighted by molar-refractivity contribution is 0.111. The van der Waals surface area contributed by atoms with Gasteiger partial charge in [-0.15, -0.1) is 0 Å². The highest BCUT2D eigenvalue weighted by Crippen LogP contribution is 2.31. The van der Waals surface area contributed by atoms with E-state index in [9.17, 15) is 15.0 Å². The van der Waals surface area contributed by atoms with Crippen molar-refractivity contribution in [2.75, 3.05) is 7.11 Å². The number of carbonyl (C=O) groups is 1. The van der Waals surface area contributed by atoms with Crippen molar-refractivity contribution in [3.63, 3.8) is 0 Å². The Morgan fingerprint density at radius 3 is 2.57 bits per heavy atom. The van der Waals surface area contributed by atoms with Crippen LogP contribution in [0.25, 0.3) is 0 Å². The fraction of sp³-hybridized carbons (Fsp3) is 0.300. The number of phenolic OH excluding ortho intramolecular Hbond substituents is 1. The van der Waals surface area contributed by atoms with Crippen LogP contribution < -0.4 is 4.74 Å². The van der Waals surface area contributed by atoms with Gasteiger partial charge in [0, 0.05) is 5.56 Å². The number of ether oxygens (including phenoxy) is 1. The van der Waals surface area contributed by atoms with Crippen LogP contribution in [0.1, 0.15) is 28.9 Å². The Balaban J connectivity index is 3.32. The second-order valence-corrected chi connectivity index (χ2v) is 2.95. The van der Waals surface area contributed by atoms with E-state index in [1.807, 2.05) is 0 Å². The van der Waals surface area contributed by atoms with Crippen molar-refractivity contribution in [2.24, 2.45) is 0 Å². The Hall–Kier alpha value is -1.55. The first kappa shape index (κ1) is 10.5. The number of hydrogen-bond acceptors (Lipinski definition) is 4. The lowest BCUT2D eigenvalue weighted by atomic mass is 10.0. The second-order valence-electron chi connectivity index (χ2n) is 2.95. The van der Waals surface area contributed by atoms with Gasteiger partial charge in [-0.2, -0.15) is 0 Å². The van der Waals surface area contributed by atoms with Gasteiger partial charge in [0.25, 0.3) is 0 Å². The van der Waals surface area contributed by atoms with Crippen molar-refractivity contribution in [2.45, 2.75) is 13.0 Å². The molecule has 1 aromatic rings. The van der Waals surface area contributed by atoms with E-state index < -0.39 is 6.10 Å². The summed E-state index contributed by atoms with van der Waals surface area (Å²) in [5, 5.41) is 18.7. The normalized spacial score (nSPS) is 12.2. The van der Waals surface area contributed by atoms with Crippen LogP contribution in [0.4, 0.5) is 0 Å². The third-order valence-electron chi connectivity index (χ3n) is 1.96. The number of aldehydes is 1. The molecule has 0 heterocycles. The summed E-state index contributed by atoms with van der Waals surface area (Å²) >= 11 is 0. The summed E-state index contributed by atoms with van der Waals surface area (Å²) in [7, 11) is 1.40. The number of phenols is 1. The smallest absolute Gasteiger partial charge is 0.160 e. The van der Waals surface area contributed by atoms with Gasteiger partial charge in [0.2, 0.25) is 0 Å². The van der Waals surface area contributed by atoms with E-state index in [1.54, 1.807) is 6.92 Å². The minimum atomic E-state index is -0.773. The van der Waals surface area contributed by atoms with Gasteiger partial charge in [-0.25, -0.2) is 0 Å². The summed E-state index contributed by atoms with van der Waals surface area (Å²) in [4.78, 5) is 10.6. The monoisotopic (exact) mass is 196 g/mol. The lowest BCUT2D eigenvalue weighted by Gasteiger charge is -2.11. The maximum Gasteiger partial charge on any atom is 0.160 e. The number of benzene rings is 1. The van der Waals surface area contributed by atoms with Crippen molar-refractivity contribution in [3.05, 3.63) is 23.3 Å². The van der Waals surface area contributed by atoms with Gasteiger partial charge >= 0.3 is 0 Å². The van der Waals surface area contributed by atoms with Crippen LogP contribution in [0, 0.1) is 0 Å². The van der Waals surface area contributed by atoms with E-state index >= 15 is 0 Å². The van der Waals surface area contributed by atoms with E-state index in [4.69, 9.17) is 4.74 Å². The highest BCUT2D eigenvalue weighted by atomic mass is 16.5. The molecule has 2 N–H and O–H groups in total. The summed E-state index contributed by atoms with van der Waals surface area (Å²) in [5.74, 6) is 0.130. The van der Waals surface area contributed by atoms with Gasteiger partial charge in [-0.3, -0.25) is 4.79 Å². The first-order valence-corrected chi connectivity index (χ1v) is 4.14. The Labute approximate surface area is 81.8 Å². The quantitative estimate of drug-likeness (QED) is 0.714. The largest absolute Gasteiger partial charge is 0.504 e. The highest BCUT2D eigenvalue weighted by molar-refractivity contribution is 5.79. The molecular weight excluding hydrogens is 184 g/mol. The molecule has 0 aliphatic heterocycles. The minimum absolute atomic E-state index is 0.112. The summed E-state index contributed by atoms with van der Waals surface area (Å²) in [6.07, 6.45) is -0.189. The fourth-order valence-corrected chi connectivity index (χ4v) is 1.23. The van der Waals surface area contributed by atoms with Crippen LogP contribution >= 0.6 is 0 Å². The molecule has 1 rings (SSSR count). The number of hydrogen-bond donors (Lipinski definition) is 2. The van der Waals surface area contributed by atoms with Crippen LogP contribution in [0.3, 0.4) is 0 Å². The van der Waals surface area contributed by atoms with Crippen molar-refractivity contribution < 1.29 is 19.7 Å². The molecule has 0 fully saturated rings. The summed E-state index contributed by atoms with van der Waals surface area (Å²) < 4.78 is 4.86. The average molecular weight is 196 g/mol. The zero-order valence-corrected chi connectivity index (χ0v) is 8.02. The third kappa shape index (κ3) is 1.85. The molecule has 4 nitrogen and oxygen atoms in total. The van der Waals surface area contributed by atoms with Crippen LogP contribution in [0.15, 0.2) is 12.1 Å². The minimum Gasteiger partial charge on any atom is -0.504 e. The first-order chi connectivity index (χ1) is 6.60. The molecule has 0 aliphatic rings.